The monoisotopic (exact) mass is 341 g/mol. The molecule has 0 N–H and O–H groups in total. The van der Waals surface area contributed by atoms with E-state index in [9.17, 15) is 0 Å². The molecule has 0 aliphatic carbocycles. The number of likely N-dealkylation sites (tertiary alicyclic amines) is 1. The molecule has 1 fully saturated rings. The molecule has 2 aromatic rings. The summed E-state index contributed by atoms with van der Waals surface area (Å²) in [6, 6.07) is 8.92. The van der Waals surface area contributed by atoms with E-state index in [1.54, 1.807) is 0 Å². The van der Waals surface area contributed by atoms with E-state index in [0.717, 1.165) is 54.1 Å². The van der Waals surface area contributed by atoms with Crippen LogP contribution in [0, 0.1) is 13.8 Å². The van der Waals surface area contributed by atoms with E-state index in [4.69, 9.17) is 9.52 Å². The second-order valence-electron chi connectivity index (χ2n) is 6.84. The van der Waals surface area contributed by atoms with Gasteiger partial charge < -0.3 is 9.42 Å². The highest BCUT2D eigenvalue weighted by Crippen LogP contribution is 2.26. The van der Waals surface area contributed by atoms with Gasteiger partial charge in [-0.3, -0.25) is 4.99 Å². The molecule has 1 aromatic carbocycles. The van der Waals surface area contributed by atoms with Crippen LogP contribution in [-0.4, -0.2) is 42.5 Å². The lowest BCUT2D eigenvalue weighted by Gasteiger charge is -2.26. The summed E-state index contributed by atoms with van der Waals surface area (Å²) in [5.74, 6) is 0.866. The summed E-state index contributed by atoms with van der Waals surface area (Å²) >= 11 is 0. The molecule has 1 aliphatic rings. The van der Waals surface area contributed by atoms with Crippen molar-refractivity contribution in [2.75, 3.05) is 20.1 Å². The molecule has 0 bridgehead atoms. The van der Waals surface area contributed by atoms with Crippen molar-refractivity contribution < 1.29 is 4.52 Å². The van der Waals surface area contributed by atoms with E-state index in [2.05, 4.69) is 55.2 Å². The van der Waals surface area contributed by atoms with Gasteiger partial charge in [0.05, 0.1) is 11.7 Å². The van der Waals surface area contributed by atoms with Gasteiger partial charge in [0, 0.05) is 11.8 Å². The smallest absolute Gasteiger partial charge is 0.141 e. The van der Waals surface area contributed by atoms with Gasteiger partial charge in [0.25, 0.3) is 0 Å². The normalized spacial score (nSPS) is 16.0. The number of nitrogens with zero attached hydrogens (tertiary/aromatic N) is 3. The van der Waals surface area contributed by atoms with Crippen LogP contribution in [0.3, 0.4) is 0 Å². The first-order chi connectivity index (χ1) is 12.0. The van der Waals surface area contributed by atoms with E-state index >= 15 is 0 Å². The van der Waals surface area contributed by atoms with E-state index in [-0.39, 0.29) is 0 Å². The number of rotatable bonds is 3. The highest BCUT2D eigenvalue weighted by atomic mass is 16.5. The van der Waals surface area contributed by atoms with Gasteiger partial charge in [-0.25, -0.2) is 0 Å². The Balaban J connectivity index is 0.000000701. The summed E-state index contributed by atoms with van der Waals surface area (Å²) in [5, 5.41) is 4.01. The molecule has 0 unspecified atom stereocenters. The molecule has 136 valence electrons. The lowest BCUT2D eigenvalue weighted by molar-refractivity contribution is 0.257. The van der Waals surface area contributed by atoms with Crippen LogP contribution in [0.2, 0.25) is 0 Å². The lowest BCUT2D eigenvalue weighted by Crippen LogP contribution is -2.32. The maximum Gasteiger partial charge on any atom is 0.141 e. The topological polar surface area (TPSA) is 41.6 Å². The molecule has 4 nitrogen and oxygen atoms in total. The highest BCUT2D eigenvalue weighted by molar-refractivity contribution is 5.81. The summed E-state index contributed by atoms with van der Waals surface area (Å²) in [6.07, 6.45) is 5.57. The quantitative estimate of drug-likeness (QED) is 0.747. The fraction of sp³-hybridized carbons (Fsp3) is 0.524. The van der Waals surface area contributed by atoms with Crippen molar-refractivity contribution in [1.82, 2.24) is 10.1 Å². The zero-order valence-electron chi connectivity index (χ0n) is 16.2. The van der Waals surface area contributed by atoms with Crippen molar-refractivity contribution in [3.05, 3.63) is 41.3 Å². The van der Waals surface area contributed by atoms with Crippen molar-refractivity contribution in [3.63, 3.8) is 0 Å². The predicted molar refractivity (Wildman–Crippen MR) is 105 cm³/mol. The average molecular weight is 341 g/mol. The van der Waals surface area contributed by atoms with Crippen LogP contribution in [0.4, 0.5) is 0 Å². The van der Waals surface area contributed by atoms with Crippen molar-refractivity contribution in [3.8, 4) is 11.1 Å². The van der Waals surface area contributed by atoms with Gasteiger partial charge in [-0.2, -0.15) is 0 Å². The zero-order chi connectivity index (χ0) is 18.2. The van der Waals surface area contributed by atoms with E-state index in [0.29, 0.717) is 6.04 Å². The van der Waals surface area contributed by atoms with Gasteiger partial charge in [0.1, 0.15) is 5.76 Å². The molecule has 0 spiro atoms. The Kier molecular flexibility index (Phi) is 7.38. The SMILES string of the molecule is CCC.Cc1noc(C)c1-c1ccc(C=NC2CCN(C)CC2)cc1. The van der Waals surface area contributed by atoms with Crippen molar-refractivity contribution in [1.29, 1.82) is 0 Å². The molecule has 4 heteroatoms. The van der Waals surface area contributed by atoms with Gasteiger partial charge in [-0.05, 0) is 58.0 Å². The van der Waals surface area contributed by atoms with E-state index < -0.39 is 0 Å². The third-order valence-electron chi connectivity index (χ3n) is 4.36. The second-order valence-corrected chi connectivity index (χ2v) is 6.84. The van der Waals surface area contributed by atoms with Crippen LogP contribution in [0.1, 0.15) is 50.1 Å². The van der Waals surface area contributed by atoms with Crippen LogP contribution < -0.4 is 0 Å². The Hall–Kier alpha value is -1.94. The second kappa shape index (κ2) is 9.52. The molecule has 1 saturated heterocycles. The first-order valence-electron chi connectivity index (χ1n) is 9.30. The lowest BCUT2D eigenvalue weighted by atomic mass is 10.0. The fourth-order valence-corrected chi connectivity index (χ4v) is 2.97. The maximum absolute atomic E-state index is 5.24. The van der Waals surface area contributed by atoms with Gasteiger partial charge in [-0.15, -0.1) is 0 Å². The van der Waals surface area contributed by atoms with Crippen LogP contribution in [0.25, 0.3) is 11.1 Å². The largest absolute Gasteiger partial charge is 0.361 e. The Labute approximate surface area is 151 Å². The summed E-state index contributed by atoms with van der Waals surface area (Å²) in [4.78, 5) is 7.10. The van der Waals surface area contributed by atoms with Crippen molar-refractivity contribution in [2.45, 2.75) is 53.0 Å². The average Bonchev–Trinajstić information content (AvgIpc) is 2.94. The van der Waals surface area contributed by atoms with Crippen molar-refractivity contribution >= 4 is 6.21 Å². The zero-order valence-corrected chi connectivity index (χ0v) is 16.2. The Morgan fingerprint density at radius 2 is 1.76 bits per heavy atom. The van der Waals surface area contributed by atoms with E-state index in [1.165, 1.54) is 6.42 Å². The fourth-order valence-electron chi connectivity index (χ4n) is 2.97. The molecular formula is C21H31N3O. The highest BCUT2D eigenvalue weighted by Gasteiger charge is 2.14. The molecular weight excluding hydrogens is 310 g/mol. The summed E-state index contributed by atoms with van der Waals surface area (Å²) < 4.78 is 5.24. The molecule has 2 heterocycles. The standard InChI is InChI=1S/C18H23N3O.C3H8/c1-13-18(14(2)22-20-13)16-6-4-15(5-7-16)12-19-17-8-10-21(3)11-9-17;1-3-2/h4-7,12,17H,8-11H2,1-3H3;3H2,1-2H3. The number of aromatic nitrogens is 1. The third kappa shape index (κ3) is 5.53. The number of hydrogen-bond donors (Lipinski definition) is 0. The van der Waals surface area contributed by atoms with Gasteiger partial charge in [0.2, 0.25) is 0 Å². The summed E-state index contributed by atoms with van der Waals surface area (Å²) in [6.45, 7) is 10.5. The first-order valence-corrected chi connectivity index (χ1v) is 9.30. The minimum absolute atomic E-state index is 0.471. The van der Waals surface area contributed by atoms with Gasteiger partial charge in [-0.1, -0.05) is 49.7 Å². The molecule has 1 aliphatic heterocycles. The summed E-state index contributed by atoms with van der Waals surface area (Å²) in [5.41, 5.74) is 4.33. The Morgan fingerprint density at radius 1 is 1.16 bits per heavy atom. The molecule has 0 amide bonds. The van der Waals surface area contributed by atoms with Crippen LogP contribution in [0.15, 0.2) is 33.8 Å². The predicted octanol–water partition coefficient (Wildman–Crippen LogP) is 4.89. The molecule has 0 atom stereocenters. The minimum atomic E-state index is 0.471. The number of piperidine rings is 1. The first kappa shape index (κ1) is 19.4. The Morgan fingerprint density at radius 3 is 2.28 bits per heavy atom. The molecule has 1 aromatic heterocycles. The van der Waals surface area contributed by atoms with Gasteiger partial charge >= 0.3 is 0 Å². The minimum Gasteiger partial charge on any atom is -0.361 e. The molecule has 3 rings (SSSR count). The molecule has 0 radical (unpaired) electrons. The van der Waals surface area contributed by atoms with Gasteiger partial charge in [0.15, 0.2) is 0 Å². The van der Waals surface area contributed by atoms with E-state index in [1.807, 2.05) is 20.1 Å². The summed E-state index contributed by atoms with van der Waals surface area (Å²) in [7, 11) is 2.17. The van der Waals surface area contributed by atoms with Crippen molar-refractivity contribution in [2.24, 2.45) is 4.99 Å². The number of aryl methyl sites for hydroxylation is 2. The maximum atomic E-state index is 5.24. The molecule has 0 saturated carbocycles. The number of hydrogen-bond acceptors (Lipinski definition) is 4. The van der Waals surface area contributed by atoms with Crippen LogP contribution in [-0.2, 0) is 0 Å². The third-order valence-corrected chi connectivity index (χ3v) is 4.36. The molecule has 25 heavy (non-hydrogen) atoms. The number of benzene rings is 1. The Bertz CT molecular complexity index is 645. The number of aliphatic imine (C=N–C) groups is 1. The van der Waals surface area contributed by atoms with Crippen LogP contribution >= 0.6 is 0 Å². The van der Waals surface area contributed by atoms with Crippen LogP contribution in [0.5, 0.6) is 0 Å².